The predicted octanol–water partition coefficient (Wildman–Crippen LogP) is 3.29. The second-order valence-corrected chi connectivity index (χ2v) is 7.35. The van der Waals surface area contributed by atoms with E-state index in [-0.39, 0.29) is 17.1 Å². The van der Waals surface area contributed by atoms with Crippen LogP contribution in [0.2, 0.25) is 0 Å². The second kappa shape index (κ2) is 9.86. The quantitative estimate of drug-likeness (QED) is 0.391. The number of anilines is 2. The predicted molar refractivity (Wildman–Crippen MR) is 115 cm³/mol. The number of nitrogens with one attached hydrogen (secondary N) is 1. The summed E-state index contributed by atoms with van der Waals surface area (Å²) >= 11 is 0. The highest BCUT2D eigenvalue weighted by atomic mass is 16.6. The van der Waals surface area contributed by atoms with Crippen molar-refractivity contribution in [3.05, 3.63) is 68.8 Å². The molecule has 1 amide bonds. The standard InChI is InChI=1S/C21H22N4O7/c1-14(20(26)22-16-6-2-3-7-17(16)24(28)29)32-21(27)15-10-12-23(13-11-15)18-8-4-5-9-19(18)25(30)31/h2-9,14-15H,10-13H2,1H3,(H,22,26). The topological polar surface area (TPSA) is 145 Å². The summed E-state index contributed by atoms with van der Waals surface area (Å²) in [6.45, 7) is 2.26. The number of amides is 1. The first-order valence-electron chi connectivity index (χ1n) is 10.0. The molecule has 1 aliphatic heterocycles. The zero-order chi connectivity index (χ0) is 23.3. The normalized spacial score (nSPS) is 15.0. The minimum Gasteiger partial charge on any atom is -0.452 e. The van der Waals surface area contributed by atoms with Crippen molar-refractivity contribution in [3.8, 4) is 0 Å². The number of benzene rings is 2. The maximum absolute atomic E-state index is 12.5. The van der Waals surface area contributed by atoms with Crippen LogP contribution in [-0.4, -0.2) is 40.9 Å². The molecule has 3 rings (SSSR count). The summed E-state index contributed by atoms with van der Waals surface area (Å²) < 4.78 is 5.28. The van der Waals surface area contributed by atoms with Crippen molar-refractivity contribution in [2.75, 3.05) is 23.3 Å². The summed E-state index contributed by atoms with van der Waals surface area (Å²) in [5, 5.41) is 24.7. The number of ether oxygens (including phenoxy) is 1. The summed E-state index contributed by atoms with van der Waals surface area (Å²) in [6, 6.07) is 12.1. The zero-order valence-corrected chi connectivity index (χ0v) is 17.3. The molecule has 32 heavy (non-hydrogen) atoms. The summed E-state index contributed by atoms with van der Waals surface area (Å²) in [6.07, 6.45) is -0.303. The van der Waals surface area contributed by atoms with E-state index in [1.807, 2.05) is 4.90 Å². The second-order valence-electron chi connectivity index (χ2n) is 7.35. The van der Waals surface area contributed by atoms with E-state index in [0.717, 1.165) is 0 Å². The van der Waals surface area contributed by atoms with E-state index in [4.69, 9.17) is 4.74 Å². The van der Waals surface area contributed by atoms with Gasteiger partial charge >= 0.3 is 5.97 Å². The zero-order valence-electron chi connectivity index (χ0n) is 17.3. The molecule has 1 fully saturated rings. The van der Waals surface area contributed by atoms with Crippen LogP contribution in [-0.2, 0) is 14.3 Å². The smallest absolute Gasteiger partial charge is 0.309 e. The molecule has 2 aromatic carbocycles. The third-order valence-corrected chi connectivity index (χ3v) is 5.27. The Balaban J connectivity index is 1.55. The molecule has 2 aromatic rings. The number of carbonyl (C=O) groups excluding carboxylic acids is 2. The molecule has 0 saturated carbocycles. The monoisotopic (exact) mass is 442 g/mol. The van der Waals surface area contributed by atoms with Gasteiger partial charge in [-0.3, -0.25) is 29.8 Å². The number of carbonyl (C=O) groups is 2. The molecule has 1 unspecified atom stereocenters. The number of nitro groups is 2. The van der Waals surface area contributed by atoms with Crippen LogP contribution in [0.1, 0.15) is 19.8 Å². The van der Waals surface area contributed by atoms with E-state index in [2.05, 4.69) is 5.32 Å². The lowest BCUT2D eigenvalue weighted by molar-refractivity contribution is -0.384. The van der Waals surface area contributed by atoms with Gasteiger partial charge in [-0.15, -0.1) is 0 Å². The van der Waals surface area contributed by atoms with Crippen LogP contribution in [0, 0.1) is 26.1 Å². The maximum Gasteiger partial charge on any atom is 0.309 e. The van der Waals surface area contributed by atoms with E-state index in [1.54, 1.807) is 24.3 Å². The minimum absolute atomic E-state index is 0.00817. The number of hydrogen-bond donors (Lipinski definition) is 1. The fourth-order valence-corrected chi connectivity index (χ4v) is 3.54. The first-order valence-corrected chi connectivity index (χ1v) is 10.0. The van der Waals surface area contributed by atoms with Crippen molar-refractivity contribution in [1.82, 2.24) is 0 Å². The molecular weight excluding hydrogens is 420 g/mol. The van der Waals surface area contributed by atoms with Gasteiger partial charge in [-0.2, -0.15) is 0 Å². The Morgan fingerprint density at radius 3 is 2.19 bits per heavy atom. The molecule has 0 bridgehead atoms. The molecule has 0 aromatic heterocycles. The van der Waals surface area contributed by atoms with Gasteiger partial charge in [-0.25, -0.2) is 0 Å². The van der Waals surface area contributed by atoms with Gasteiger partial charge in [0, 0.05) is 25.2 Å². The molecule has 11 heteroatoms. The summed E-state index contributed by atoms with van der Waals surface area (Å²) in [7, 11) is 0. The van der Waals surface area contributed by atoms with Crippen LogP contribution in [0.5, 0.6) is 0 Å². The Kier molecular flexibility index (Phi) is 6.98. The third kappa shape index (κ3) is 5.17. The van der Waals surface area contributed by atoms with Crippen LogP contribution in [0.25, 0.3) is 0 Å². The molecule has 1 N–H and O–H groups in total. The Labute approximate surface area is 183 Å². The van der Waals surface area contributed by atoms with Gasteiger partial charge in [0.15, 0.2) is 6.10 Å². The molecule has 0 radical (unpaired) electrons. The molecule has 0 spiro atoms. The molecule has 1 heterocycles. The van der Waals surface area contributed by atoms with Crippen molar-refractivity contribution in [1.29, 1.82) is 0 Å². The number of rotatable bonds is 7. The van der Waals surface area contributed by atoms with E-state index < -0.39 is 33.7 Å². The maximum atomic E-state index is 12.5. The summed E-state index contributed by atoms with van der Waals surface area (Å²) in [4.78, 5) is 48.0. The highest BCUT2D eigenvalue weighted by Crippen LogP contribution is 2.31. The fourth-order valence-electron chi connectivity index (χ4n) is 3.54. The number of esters is 1. The van der Waals surface area contributed by atoms with Crippen molar-refractivity contribution in [2.45, 2.75) is 25.9 Å². The van der Waals surface area contributed by atoms with Gasteiger partial charge in [0.05, 0.1) is 15.8 Å². The molecule has 11 nitrogen and oxygen atoms in total. The Morgan fingerprint density at radius 2 is 1.56 bits per heavy atom. The molecule has 0 aliphatic carbocycles. The van der Waals surface area contributed by atoms with Crippen LogP contribution in [0.15, 0.2) is 48.5 Å². The number of nitro benzene ring substituents is 2. The number of hydrogen-bond acceptors (Lipinski definition) is 8. The van der Waals surface area contributed by atoms with E-state index in [0.29, 0.717) is 31.6 Å². The number of para-hydroxylation sites is 4. The fraction of sp³-hybridized carbons (Fsp3) is 0.333. The van der Waals surface area contributed by atoms with E-state index >= 15 is 0 Å². The van der Waals surface area contributed by atoms with Gasteiger partial charge in [-0.1, -0.05) is 24.3 Å². The first kappa shape index (κ1) is 22.7. The van der Waals surface area contributed by atoms with Gasteiger partial charge in [0.2, 0.25) is 0 Å². The lowest BCUT2D eigenvalue weighted by atomic mass is 9.96. The Morgan fingerprint density at radius 1 is 1.00 bits per heavy atom. The lowest BCUT2D eigenvalue weighted by Crippen LogP contribution is -2.39. The lowest BCUT2D eigenvalue weighted by Gasteiger charge is -2.32. The minimum atomic E-state index is -1.14. The average molecular weight is 442 g/mol. The largest absolute Gasteiger partial charge is 0.452 e. The van der Waals surface area contributed by atoms with Crippen molar-refractivity contribution in [2.24, 2.45) is 5.92 Å². The Hall–Kier alpha value is -4.02. The Bertz CT molecular complexity index is 1030. The SMILES string of the molecule is CC(OC(=O)C1CCN(c2ccccc2[N+](=O)[O-])CC1)C(=O)Nc1ccccc1[N+](=O)[O-]. The van der Waals surface area contributed by atoms with Gasteiger partial charge < -0.3 is 15.0 Å². The molecule has 1 atom stereocenters. The molecule has 1 saturated heterocycles. The highest BCUT2D eigenvalue weighted by molar-refractivity contribution is 5.97. The van der Waals surface area contributed by atoms with Crippen LogP contribution < -0.4 is 10.2 Å². The first-order chi connectivity index (χ1) is 15.3. The van der Waals surface area contributed by atoms with E-state index in [1.165, 1.54) is 31.2 Å². The van der Waals surface area contributed by atoms with Gasteiger partial charge in [0.25, 0.3) is 17.3 Å². The highest BCUT2D eigenvalue weighted by Gasteiger charge is 2.31. The van der Waals surface area contributed by atoms with Gasteiger partial charge in [0.1, 0.15) is 11.4 Å². The van der Waals surface area contributed by atoms with Crippen LogP contribution in [0.4, 0.5) is 22.7 Å². The molecule has 1 aliphatic rings. The summed E-state index contributed by atoms with van der Waals surface area (Å²) in [5.41, 5.74) is 0.264. The van der Waals surface area contributed by atoms with Crippen LogP contribution >= 0.6 is 0 Å². The number of nitrogens with zero attached hydrogens (tertiary/aromatic N) is 3. The van der Waals surface area contributed by atoms with Crippen LogP contribution in [0.3, 0.4) is 0 Å². The average Bonchev–Trinajstić information content (AvgIpc) is 2.79. The van der Waals surface area contributed by atoms with Gasteiger partial charge in [-0.05, 0) is 31.9 Å². The third-order valence-electron chi connectivity index (χ3n) is 5.27. The molecular formula is C21H22N4O7. The van der Waals surface area contributed by atoms with Crippen molar-refractivity contribution in [3.63, 3.8) is 0 Å². The van der Waals surface area contributed by atoms with Crippen molar-refractivity contribution < 1.29 is 24.2 Å². The number of piperidine rings is 1. The summed E-state index contributed by atoms with van der Waals surface area (Å²) in [5.74, 6) is -1.67. The van der Waals surface area contributed by atoms with Crippen molar-refractivity contribution >= 4 is 34.6 Å². The molecule has 168 valence electrons. The van der Waals surface area contributed by atoms with E-state index in [9.17, 15) is 29.8 Å².